The first-order chi connectivity index (χ1) is 11.6. The Morgan fingerprint density at radius 2 is 2.25 bits per heavy atom. The predicted octanol–water partition coefficient (Wildman–Crippen LogP) is 3.11. The number of thiazole rings is 1. The fourth-order valence-electron chi connectivity index (χ4n) is 3.90. The smallest absolute Gasteiger partial charge is 0.318 e. The quantitative estimate of drug-likeness (QED) is 0.910. The molecule has 2 atom stereocenters. The summed E-state index contributed by atoms with van der Waals surface area (Å²) in [5.41, 5.74) is 3.34. The van der Waals surface area contributed by atoms with Crippen molar-refractivity contribution in [3.05, 3.63) is 33.5 Å². The Hall–Kier alpha value is -1.89. The molecule has 2 amide bonds. The van der Waals surface area contributed by atoms with Gasteiger partial charge in [0, 0.05) is 30.7 Å². The van der Waals surface area contributed by atoms with Crippen LogP contribution in [0.5, 0.6) is 0 Å². The fraction of sp³-hybridized carbons (Fsp3) is 0.588. The van der Waals surface area contributed by atoms with Crippen LogP contribution < -0.4 is 5.32 Å². The summed E-state index contributed by atoms with van der Waals surface area (Å²) in [6, 6.07) is 0.227. The number of hydrogen-bond donors (Lipinski definition) is 1. The summed E-state index contributed by atoms with van der Waals surface area (Å²) in [6.07, 6.45) is 7.15. The number of nitrogens with one attached hydrogen (secondary N) is 1. The lowest BCUT2D eigenvalue weighted by Crippen LogP contribution is -2.42. The number of carbonyl (C=O) groups excluding carboxylic acids is 1. The molecule has 128 valence electrons. The number of nitrogens with zero attached hydrogens (tertiary/aromatic N) is 4. The molecule has 0 radical (unpaired) electrons. The number of aryl methyl sites for hydroxylation is 3. The second-order valence-corrected chi connectivity index (χ2v) is 7.80. The van der Waals surface area contributed by atoms with E-state index in [0.717, 1.165) is 55.0 Å². The van der Waals surface area contributed by atoms with Crippen molar-refractivity contribution in [3.63, 3.8) is 0 Å². The first-order valence-corrected chi connectivity index (χ1v) is 9.51. The van der Waals surface area contributed by atoms with E-state index in [9.17, 15) is 4.79 Å². The van der Waals surface area contributed by atoms with Crippen molar-refractivity contribution in [1.29, 1.82) is 0 Å². The number of likely N-dealkylation sites (tertiary alicyclic amines) is 1. The number of carbonyl (C=O) groups is 1. The highest BCUT2D eigenvalue weighted by atomic mass is 32.1. The highest BCUT2D eigenvalue weighted by molar-refractivity contribution is 7.09. The van der Waals surface area contributed by atoms with Crippen LogP contribution in [0, 0.1) is 6.92 Å². The van der Waals surface area contributed by atoms with Crippen LogP contribution >= 0.6 is 11.3 Å². The number of hydrogen-bond acceptors (Lipinski definition) is 4. The van der Waals surface area contributed by atoms with Gasteiger partial charge in [0.25, 0.3) is 0 Å². The van der Waals surface area contributed by atoms with Crippen LogP contribution in [-0.4, -0.2) is 32.2 Å². The van der Waals surface area contributed by atoms with Gasteiger partial charge in [-0.05, 0) is 39.0 Å². The molecule has 2 aliphatic rings. The van der Waals surface area contributed by atoms with Crippen LogP contribution in [0.2, 0.25) is 0 Å². The highest BCUT2D eigenvalue weighted by Gasteiger charge is 2.33. The predicted molar refractivity (Wildman–Crippen MR) is 93.0 cm³/mol. The minimum Gasteiger partial charge on any atom is -0.331 e. The van der Waals surface area contributed by atoms with Gasteiger partial charge < -0.3 is 10.2 Å². The first kappa shape index (κ1) is 15.6. The molecule has 0 spiro atoms. The Kier molecular flexibility index (Phi) is 4.04. The van der Waals surface area contributed by atoms with Gasteiger partial charge in [-0.15, -0.1) is 11.3 Å². The molecule has 1 fully saturated rings. The molecule has 0 saturated carbocycles. The summed E-state index contributed by atoms with van der Waals surface area (Å²) in [5, 5.41) is 10.9. The van der Waals surface area contributed by atoms with E-state index < -0.39 is 0 Å². The molecule has 7 heteroatoms. The third-order valence-corrected chi connectivity index (χ3v) is 5.80. The lowest BCUT2D eigenvalue weighted by Gasteiger charge is -2.28. The number of amides is 2. The van der Waals surface area contributed by atoms with E-state index >= 15 is 0 Å². The van der Waals surface area contributed by atoms with Crippen molar-refractivity contribution >= 4 is 17.4 Å². The average Bonchev–Trinajstić information content (AvgIpc) is 3.25. The lowest BCUT2D eigenvalue weighted by atomic mass is 9.93. The summed E-state index contributed by atoms with van der Waals surface area (Å²) in [4.78, 5) is 19.4. The molecule has 6 nitrogen and oxygen atoms in total. The Labute approximate surface area is 145 Å². The maximum atomic E-state index is 12.9. The van der Waals surface area contributed by atoms with E-state index in [0.29, 0.717) is 0 Å². The Morgan fingerprint density at radius 3 is 3.04 bits per heavy atom. The van der Waals surface area contributed by atoms with Gasteiger partial charge in [0.1, 0.15) is 0 Å². The summed E-state index contributed by atoms with van der Waals surface area (Å²) in [7, 11) is 1.94. The molecule has 1 aliphatic carbocycles. The zero-order chi connectivity index (χ0) is 16.7. The van der Waals surface area contributed by atoms with E-state index in [1.165, 1.54) is 5.56 Å². The minimum atomic E-state index is 0.0323. The number of aromatic nitrogens is 3. The van der Waals surface area contributed by atoms with E-state index in [1.54, 1.807) is 11.3 Å². The average molecular weight is 345 g/mol. The van der Waals surface area contributed by atoms with Gasteiger partial charge in [0.05, 0.1) is 28.5 Å². The standard InChI is InChI=1S/C17H23N5OS/c1-11-18-15(10-24-11)16-7-4-8-22(16)17(23)19-13-5-3-6-14-12(13)9-21(2)20-14/h9-10,13,16H,3-8H2,1-2H3,(H,19,23)/t13?,16-/m1/s1. The zero-order valence-electron chi connectivity index (χ0n) is 14.2. The van der Waals surface area contributed by atoms with Crippen molar-refractivity contribution < 1.29 is 4.79 Å². The SMILES string of the molecule is Cc1nc([C@H]2CCCN2C(=O)NC2CCCc3nn(C)cc32)cs1. The van der Waals surface area contributed by atoms with E-state index in [2.05, 4.69) is 20.8 Å². The maximum absolute atomic E-state index is 12.9. The first-order valence-electron chi connectivity index (χ1n) is 8.63. The molecule has 4 rings (SSSR count). The maximum Gasteiger partial charge on any atom is 0.318 e. The summed E-state index contributed by atoms with van der Waals surface area (Å²) in [6.45, 7) is 2.82. The largest absolute Gasteiger partial charge is 0.331 e. The van der Waals surface area contributed by atoms with Crippen LogP contribution in [-0.2, 0) is 13.5 Å². The molecule has 1 unspecified atom stereocenters. The third kappa shape index (κ3) is 2.81. The number of urea groups is 1. The fourth-order valence-corrected chi connectivity index (χ4v) is 4.56. The van der Waals surface area contributed by atoms with Gasteiger partial charge >= 0.3 is 6.03 Å². The van der Waals surface area contributed by atoms with Gasteiger partial charge in [0.2, 0.25) is 0 Å². The number of rotatable bonds is 2. The van der Waals surface area contributed by atoms with Crippen LogP contribution in [0.3, 0.4) is 0 Å². The normalized spacial score (nSPS) is 23.3. The van der Waals surface area contributed by atoms with Crippen molar-refractivity contribution in [2.24, 2.45) is 7.05 Å². The van der Waals surface area contributed by atoms with Crippen molar-refractivity contribution in [3.8, 4) is 0 Å². The molecule has 3 heterocycles. The Morgan fingerprint density at radius 1 is 1.38 bits per heavy atom. The second kappa shape index (κ2) is 6.20. The van der Waals surface area contributed by atoms with Gasteiger partial charge in [-0.25, -0.2) is 9.78 Å². The Balaban J connectivity index is 1.50. The molecular weight excluding hydrogens is 322 g/mol. The summed E-state index contributed by atoms with van der Waals surface area (Å²) >= 11 is 1.65. The Bertz CT molecular complexity index is 752. The van der Waals surface area contributed by atoms with Gasteiger partial charge in [-0.3, -0.25) is 4.68 Å². The zero-order valence-corrected chi connectivity index (χ0v) is 15.0. The van der Waals surface area contributed by atoms with Gasteiger partial charge in [-0.1, -0.05) is 0 Å². The molecule has 2 aromatic rings. The molecule has 1 saturated heterocycles. The van der Waals surface area contributed by atoms with Crippen molar-refractivity contribution in [2.45, 2.75) is 51.1 Å². The van der Waals surface area contributed by atoms with Crippen LogP contribution in [0.4, 0.5) is 4.79 Å². The van der Waals surface area contributed by atoms with Gasteiger partial charge in [0.15, 0.2) is 0 Å². The molecular formula is C17H23N5OS. The molecule has 24 heavy (non-hydrogen) atoms. The van der Waals surface area contributed by atoms with E-state index in [4.69, 9.17) is 0 Å². The van der Waals surface area contributed by atoms with Crippen LogP contribution in [0.1, 0.15) is 59.7 Å². The summed E-state index contributed by atoms with van der Waals surface area (Å²) in [5.74, 6) is 0. The van der Waals surface area contributed by atoms with Crippen molar-refractivity contribution in [2.75, 3.05) is 6.54 Å². The third-order valence-electron chi connectivity index (χ3n) is 5.01. The topological polar surface area (TPSA) is 63.1 Å². The van der Waals surface area contributed by atoms with E-state index in [-0.39, 0.29) is 18.1 Å². The molecule has 0 bridgehead atoms. The van der Waals surface area contributed by atoms with E-state index in [1.807, 2.05) is 29.7 Å². The van der Waals surface area contributed by atoms with Gasteiger partial charge in [-0.2, -0.15) is 5.10 Å². The second-order valence-electron chi connectivity index (χ2n) is 6.74. The molecule has 0 aromatic carbocycles. The van der Waals surface area contributed by atoms with Crippen LogP contribution in [0.15, 0.2) is 11.6 Å². The molecule has 2 aromatic heterocycles. The number of fused-ring (bicyclic) bond motifs is 1. The lowest BCUT2D eigenvalue weighted by molar-refractivity contribution is 0.186. The van der Waals surface area contributed by atoms with Crippen molar-refractivity contribution in [1.82, 2.24) is 25.0 Å². The molecule has 1 aliphatic heterocycles. The van der Waals surface area contributed by atoms with Crippen LogP contribution in [0.25, 0.3) is 0 Å². The molecule has 1 N–H and O–H groups in total. The monoisotopic (exact) mass is 345 g/mol. The minimum absolute atomic E-state index is 0.0323. The summed E-state index contributed by atoms with van der Waals surface area (Å²) < 4.78 is 1.85. The highest BCUT2D eigenvalue weighted by Crippen LogP contribution is 2.34.